The number of anilines is 2. The number of nitrogen functional groups attached to an aromatic ring is 1. The van der Waals surface area contributed by atoms with Gasteiger partial charge in [0, 0.05) is 43.9 Å². The summed E-state index contributed by atoms with van der Waals surface area (Å²) in [6.07, 6.45) is 0.664. The van der Waals surface area contributed by atoms with Gasteiger partial charge in [-0.2, -0.15) is 0 Å². The molecule has 0 bridgehead atoms. The van der Waals surface area contributed by atoms with Crippen LogP contribution in [0.15, 0.2) is 24.3 Å². The molecule has 0 amide bonds. The summed E-state index contributed by atoms with van der Waals surface area (Å²) >= 11 is 0. The Hall–Kier alpha value is -2.47. The molecule has 2 aliphatic rings. The molecule has 3 atom stereocenters. The number of nitrogens with zero attached hydrogens (tertiary/aromatic N) is 4. The molecule has 4 rings (SSSR count). The topological polar surface area (TPSA) is 134 Å². The van der Waals surface area contributed by atoms with E-state index in [9.17, 15) is 13.5 Å². The SMILES string of the molecule is CNCC(O)COc1cccc(-c2nc(N)c(C)c(N3CC4CN(S(C)(=O)=O)CC4C3)n2)c1. The van der Waals surface area contributed by atoms with Gasteiger partial charge in [-0.1, -0.05) is 12.1 Å². The summed E-state index contributed by atoms with van der Waals surface area (Å²) in [5.41, 5.74) is 7.84. The zero-order valence-electron chi connectivity index (χ0n) is 19.2. The molecule has 0 saturated carbocycles. The van der Waals surface area contributed by atoms with E-state index in [2.05, 4.69) is 15.2 Å². The standard InChI is InChI=1S/C22H32N6O4S/c1-14-20(23)25-21(15-5-4-6-19(7-15)32-13-18(29)8-24-2)26-22(14)27-9-16-11-28(33(3,30)31)12-17(16)10-27/h4-7,16-18,24,29H,8-13H2,1-3H3,(H2,23,25,26). The number of sulfonamides is 1. The molecule has 0 spiro atoms. The summed E-state index contributed by atoms with van der Waals surface area (Å²) < 4.78 is 31.1. The summed E-state index contributed by atoms with van der Waals surface area (Å²) in [6, 6.07) is 7.41. The van der Waals surface area contributed by atoms with Gasteiger partial charge in [0.1, 0.15) is 30.1 Å². The van der Waals surface area contributed by atoms with Gasteiger partial charge in [-0.3, -0.25) is 0 Å². The minimum absolute atomic E-state index is 0.174. The minimum Gasteiger partial charge on any atom is -0.491 e. The first-order chi connectivity index (χ1) is 15.7. The van der Waals surface area contributed by atoms with E-state index in [1.807, 2.05) is 31.2 Å². The first-order valence-corrected chi connectivity index (χ1v) is 12.9. The summed E-state index contributed by atoms with van der Waals surface area (Å²) in [5.74, 6) is 2.88. The van der Waals surface area contributed by atoms with Gasteiger partial charge < -0.3 is 25.8 Å². The van der Waals surface area contributed by atoms with Gasteiger partial charge in [-0.25, -0.2) is 22.7 Å². The van der Waals surface area contributed by atoms with Crippen LogP contribution < -0.4 is 20.7 Å². The number of aromatic nitrogens is 2. The molecule has 2 fully saturated rings. The van der Waals surface area contributed by atoms with Gasteiger partial charge in [-0.15, -0.1) is 0 Å². The fourth-order valence-corrected chi connectivity index (χ4v) is 5.49. The molecule has 33 heavy (non-hydrogen) atoms. The predicted molar refractivity (Wildman–Crippen MR) is 128 cm³/mol. The predicted octanol–water partition coefficient (Wildman–Crippen LogP) is 0.321. The second kappa shape index (κ2) is 9.41. The zero-order chi connectivity index (χ0) is 23.8. The lowest BCUT2D eigenvalue weighted by atomic mass is 10.0. The van der Waals surface area contributed by atoms with Crippen LogP contribution in [0.5, 0.6) is 5.75 Å². The van der Waals surface area contributed by atoms with Crippen molar-refractivity contribution in [3.63, 3.8) is 0 Å². The summed E-state index contributed by atoms with van der Waals surface area (Å²) in [6.45, 7) is 5.10. The Labute approximate surface area is 194 Å². The largest absolute Gasteiger partial charge is 0.491 e. The Kier molecular flexibility index (Phi) is 6.76. The fraction of sp³-hybridized carbons (Fsp3) is 0.545. The molecule has 0 aliphatic carbocycles. The molecular weight excluding hydrogens is 444 g/mol. The highest BCUT2D eigenvalue weighted by atomic mass is 32.2. The van der Waals surface area contributed by atoms with E-state index in [0.29, 0.717) is 37.0 Å². The van der Waals surface area contributed by atoms with E-state index in [-0.39, 0.29) is 18.4 Å². The summed E-state index contributed by atoms with van der Waals surface area (Å²) in [7, 11) is -1.39. The summed E-state index contributed by atoms with van der Waals surface area (Å²) in [5, 5.41) is 12.8. The van der Waals surface area contributed by atoms with Crippen molar-refractivity contribution in [2.75, 3.05) is 63.3 Å². The molecule has 1 aromatic carbocycles. The first kappa shape index (κ1) is 23.7. The van der Waals surface area contributed by atoms with E-state index in [1.165, 1.54) is 6.26 Å². The molecule has 10 nitrogen and oxygen atoms in total. The molecule has 0 radical (unpaired) electrons. The second-order valence-corrected chi connectivity index (χ2v) is 10.9. The van der Waals surface area contributed by atoms with Crippen LogP contribution in [0.4, 0.5) is 11.6 Å². The van der Waals surface area contributed by atoms with E-state index < -0.39 is 16.1 Å². The Morgan fingerprint density at radius 1 is 1.24 bits per heavy atom. The number of hydrogen-bond donors (Lipinski definition) is 3. The smallest absolute Gasteiger partial charge is 0.211 e. The second-order valence-electron chi connectivity index (χ2n) is 8.94. The van der Waals surface area contributed by atoms with Crippen molar-refractivity contribution in [1.82, 2.24) is 19.6 Å². The highest BCUT2D eigenvalue weighted by Crippen LogP contribution is 2.37. The molecular formula is C22H32N6O4S. The van der Waals surface area contributed by atoms with Crippen LogP contribution in [0.3, 0.4) is 0 Å². The van der Waals surface area contributed by atoms with Crippen LogP contribution in [0.1, 0.15) is 5.56 Å². The quantitative estimate of drug-likeness (QED) is 0.492. The maximum absolute atomic E-state index is 11.9. The molecule has 1 aromatic heterocycles. The highest BCUT2D eigenvalue weighted by molar-refractivity contribution is 7.88. The Balaban J connectivity index is 1.53. The molecule has 3 heterocycles. The van der Waals surface area contributed by atoms with Gasteiger partial charge in [0.15, 0.2) is 5.82 Å². The average Bonchev–Trinajstić information content (AvgIpc) is 3.34. The van der Waals surface area contributed by atoms with Crippen LogP contribution in [-0.4, -0.2) is 86.5 Å². The van der Waals surface area contributed by atoms with Crippen molar-refractivity contribution in [3.05, 3.63) is 29.8 Å². The molecule has 2 saturated heterocycles. The van der Waals surface area contributed by atoms with E-state index in [4.69, 9.17) is 15.5 Å². The number of ether oxygens (including phenoxy) is 1. The van der Waals surface area contributed by atoms with Crippen molar-refractivity contribution in [2.24, 2.45) is 11.8 Å². The van der Waals surface area contributed by atoms with Gasteiger partial charge in [-0.05, 0) is 37.9 Å². The Morgan fingerprint density at radius 2 is 1.94 bits per heavy atom. The molecule has 11 heteroatoms. The Morgan fingerprint density at radius 3 is 2.58 bits per heavy atom. The molecule has 2 aromatic rings. The fourth-order valence-electron chi connectivity index (χ4n) is 4.56. The molecule has 3 unspecified atom stereocenters. The number of benzene rings is 1. The van der Waals surface area contributed by atoms with E-state index in [1.54, 1.807) is 11.4 Å². The van der Waals surface area contributed by atoms with Crippen LogP contribution in [-0.2, 0) is 10.0 Å². The Bertz CT molecular complexity index is 1100. The third kappa shape index (κ3) is 5.21. The third-order valence-corrected chi connectivity index (χ3v) is 7.59. The van der Waals surface area contributed by atoms with Crippen molar-refractivity contribution < 1.29 is 18.3 Å². The number of fused-ring (bicyclic) bond motifs is 1. The molecule has 2 aliphatic heterocycles. The monoisotopic (exact) mass is 476 g/mol. The van der Waals surface area contributed by atoms with Gasteiger partial charge in [0.05, 0.1) is 6.26 Å². The van der Waals surface area contributed by atoms with Crippen LogP contribution in [0.25, 0.3) is 11.4 Å². The normalized spacial score (nSPS) is 21.9. The highest BCUT2D eigenvalue weighted by Gasteiger charge is 2.43. The van der Waals surface area contributed by atoms with Crippen molar-refractivity contribution in [3.8, 4) is 17.1 Å². The zero-order valence-corrected chi connectivity index (χ0v) is 20.0. The van der Waals surface area contributed by atoms with Crippen LogP contribution in [0, 0.1) is 18.8 Å². The molecule has 180 valence electrons. The van der Waals surface area contributed by atoms with Crippen molar-refractivity contribution >= 4 is 21.7 Å². The van der Waals surface area contributed by atoms with Crippen LogP contribution >= 0.6 is 0 Å². The van der Waals surface area contributed by atoms with Gasteiger partial charge in [0.25, 0.3) is 0 Å². The van der Waals surface area contributed by atoms with Crippen LogP contribution in [0.2, 0.25) is 0 Å². The maximum atomic E-state index is 11.9. The van der Waals surface area contributed by atoms with Gasteiger partial charge >= 0.3 is 0 Å². The lowest BCUT2D eigenvalue weighted by Gasteiger charge is -2.23. The number of rotatable bonds is 8. The van der Waals surface area contributed by atoms with Gasteiger partial charge in [0.2, 0.25) is 10.0 Å². The number of aliphatic hydroxyl groups is 1. The first-order valence-electron chi connectivity index (χ1n) is 11.1. The lowest BCUT2D eigenvalue weighted by molar-refractivity contribution is 0.108. The maximum Gasteiger partial charge on any atom is 0.211 e. The van der Waals surface area contributed by atoms with Crippen molar-refractivity contribution in [2.45, 2.75) is 13.0 Å². The lowest BCUT2D eigenvalue weighted by Crippen LogP contribution is -2.33. The number of nitrogens with one attached hydrogen (secondary N) is 1. The number of hydrogen-bond acceptors (Lipinski definition) is 9. The number of likely N-dealkylation sites (N-methyl/N-ethyl adjacent to an activating group) is 1. The minimum atomic E-state index is -3.16. The third-order valence-electron chi connectivity index (χ3n) is 6.35. The number of nitrogens with two attached hydrogens (primary N) is 1. The van der Waals surface area contributed by atoms with E-state index in [0.717, 1.165) is 30.0 Å². The van der Waals surface area contributed by atoms with Crippen molar-refractivity contribution in [1.29, 1.82) is 0 Å². The van der Waals surface area contributed by atoms with E-state index >= 15 is 0 Å². The molecule has 4 N–H and O–H groups in total. The number of aliphatic hydroxyl groups excluding tert-OH is 1. The summed E-state index contributed by atoms with van der Waals surface area (Å²) in [4.78, 5) is 11.5. The average molecular weight is 477 g/mol.